The van der Waals surface area contributed by atoms with Gasteiger partial charge >= 0.3 is 5.97 Å². The summed E-state index contributed by atoms with van der Waals surface area (Å²) in [6.07, 6.45) is 0.0760. The van der Waals surface area contributed by atoms with Crippen LogP contribution in [0, 0.1) is 11.8 Å². The molecule has 1 aromatic carbocycles. The number of nitrogens with zero attached hydrogens (tertiary/aromatic N) is 1. The lowest BCUT2D eigenvalue weighted by Crippen LogP contribution is -2.36. The van der Waals surface area contributed by atoms with E-state index in [1.807, 2.05) is 35.2 Å². The van der Waals surface area contributed by atoms with Gasteiger partial charge in [-0.3, -0.25) is 9.59 Å². The number of hydrogen-bond donors (Lipinski definition) is 0. The lowest BCUT2D eigenvalue weighted by Gasteiger charge is -2.29. The Labute approximate surface area is 130 Å². The van der Waals surface area contributed by atoms with Crippen molar-refractivity contribution in [3.63, 3.8) is 0 Å². The van der Waals surface area contributed by atoms with Gasteiger partial charge in [0.25, 0.3) is 0 Å². The van der Waals surface area contributed by atoms with E-state index in [-0.39, 0.29) is 29.8 Å². The first-order valence-corrected chi connectivity index (χ1v) is 7.70. The van der Waals surface area contributed by atoms with Crippen molar-refractivity contribution < 1.29 is 19.1 Å². The summed E-state index contributed by atoms with van der Waals surface area (Å²) in [4.78, 5) is 25.6. The molecular formula is C17H21NO4. The number of esters is 1. The van der Waals surface area contributed by atoms with E-state index in [9.17, 15) is 9.59 Å². The highest BCUT2D eigenvalue weighted by atomic mass is 16.7. The van der Waals surface area contributed by atoms with Crippen LogP contribution in [0.4, 0.5) is 0 Å². The molecule has 5 heteroatoms. The van der Waals surface area contributed by atoms with Crippen molar-refractivity contribution in [3.05, 3.63) is 35.9 Å². The number of benzene rings is 1. The van der Waals surface area contributed by atoms with Gasteiger partial charge < -0.3 is 14.4 Å². The SMILES string of the molecule is CC(=O)OC1CC2CN(C(C)c3ccccc3)C(=O)[C@@H]2CO1. The molecule has 0 saturated carbocycles. The smallest absolute Gasteiger partial charge is 0.304 e. The molecule has 22 heavy (non-hydrogen) atoms. The van der Waals surface area contributed by atoms with Gasteiger partial charge in [-0.05, 0) is 18.4 Å². The highest BCUT2D eigenvalue weighted by molar-refractivity contribution is 5.82. The van der Waals surface area contributed by atoms with Crippen LogP contribution in [0.15, 0.2) is 30.3 Å². The molecule has 4 atom stereocenters. The second kappa shape index (κ2) is 6.08. The number of fused-ring (bicyclic) bond motifs is 1. The Bertz CT molecular complexity index is 559. The lowest BCUT2D eigenvalue weighted by molar-refractivity contribution is -0.195. The van der Waals surface area contributed by atoms with Gasteiger partial charge in [0.05, 0.1) is 18.6 Å². The van der Waals surface area contributed by atoms with E-state index in [2.05, 4.69) is 6.92 Å². The first-order valence-electron chi connectivity index (χ1n) is 7.70. The van der Waals surface area contributed by atoms with E-state index in [0.717, 1.165) is 5.56 Å². The molecule has 1 aromatic rings. The summed E-state index contributed by atoms with van der Waals surface area (Å²) >= 11 is 0. The second-order valence-electron chi connectivity index (χ2n) is 6.05. The fourth-order valence-electron chi connectivity index (χ4n) is 3.38. The van der Waals surface area contributed by atoms with Crippen molar-refractivity contribution in [3.8, 4) is 0 Å². The van der Waals surface area contributed by atoms with Crippen LogP contribution in [-0.4, -0.2) is 36.2 Å². The molecule has 2 heterocycles. The standard InChI is InChI=1S/C17H21NO4/c1-11(13-6-4-3-5-7-13)18-9-14-8-16(22-12(2)19)21-10-15(14)17(18)20/h3-7,11,14-16H,8-10H2,1-2H3/t11?,14?,15-,16?/m1/s1. The summed E-state index contributed by atoms with van der Waals surface area (Å²) < 4.78 is 10.6. The van der Waals surface area contributed by atoms with Crippen molar-refractivity contribution in [1.82, 2.24) is 4.90 Å². The van der Waals surface area contributed by atoms with Crippen molar-refractivity contribution in [2.45, 2.75) is 32.6 Å². The number of carbonyl (C=O) groups excluding carboxylic acids is 2. The number of amides is 1. The summed E-state index contributed by atoms with van der Waals surface area (Å²) in [5.74, 6) is -0.125. The van der Waals surface area contributed by atoms with Crippen LogP contribution in [0.1, 0.15) is 31.9 Å². The molecule has 2 aliphatic rings. The third kappa shape index (κ3) is 2.86. The molecule has 3 unspecified atom stereocenters. The third-order valence-corrected chi connectivity index (χ3v) is 4.60. The van der Waals surface area contributed by atoms with Gasteiger partial charge in [-0.2, -0.15) is 0 Å². The van der Waals surface area contributed by atoms with E-state index in [1.54, 1.807) is 0 Å². The summed E-state index contributed by atoms with van der Waals surface area (Å²) in [5, 5.41) is 0. The van der Waals surface area contributed by atoms with Crippen LogP contribution in [0.5, 0.6) is 0 Å². The molecule has 2 saturated heterocycles. The molecule has 118 valence electrons. The predicted molar refractivity (Wildman–Crippen MR) is 79.7 cm³/mol. The molecule has 3 rings (SSSR count). The summed E-state index contributed by atoms with van der Waals surface area (Å²) in [7, 11) is 0. The van der Waals surface area contributed by atoms with E-state index >= 15 is 0 Å². The Morgan fingerprint density at radius 1 is 1.36 bits per heavy atom. The van der Waals surface area contributed by atoms with E-state index in [0.29, 0.717) is 19.6 Å². The minimum Gasteiger partial charge on any atom is -0.436 e. The molecule has 2 aliphatic heterocycles. The fraction of sp³-hybridized carbons (Fsp3) is 0.529. The van der Waals surface area contributed by atoms with E-state index < -0.39 is 6.29 Å². The average molecular weight is 303 g/mol. The Kier molecular flexibility index (Phi) is 4.16. The summed E-state index contributed by atoms with van der Waals surface area (Å²) in [6.45, 7) is 4.45. The second-order valence-corrected chi connectivity index (χ2v) is 6.05. The topological polar surface area (TPSA) is 55.8 Å². The first kappa shape index (κ1) is 15.0. The summed E-state index contributed by atoms with van der Waals surface area (Å²) in [5.41, 5.74) is 1.13. The molecule has 2 fully saturated rings. The fourth-order valence-corrected chi connectivity index (χ4v) is 3.38. The summed E-state index contributed by atoms with van der Waals surface area (Å²) in [6, 6.07) is 10.1. The molecule has 0 radical (unpaired) electrons. The molecule has 0 N–H and O–H groups in total. The first-order chi connectivity index (χ1) is 10.6. The van der Waals surface area contributed by atoms with Gasteiger partial charge in [-0.1, -0.05) is 30.3 Å². The molecule has 0 aromatic heterocycles. The number of rotatable bonds is 3. The van der Waals surface area contributed by atoms with Crippen molar-refractivity contribution in [2.24, 2.45) is 11.8 Å². The number of carbonyl (C=O) groups is 2. The minimum absolute atomic E-state index is 0.0477. The van der Waals surface area contributed by atoms with Crippen LogP contribution in [0.25, 0.3) is 0 Å². The van der Waals surface area contributed by atoms with Gasteiger partial charge in [-0.15, -0.1) is 0 Å². The average Bonchev–Trinajstić information content (AvgIpc) is 2.83. The maximum atomic E-state index is 12.6. The zero-order valence-electron chi connectivity index (χ0n) is 12.9. The molecular weight excluding hydrogens is 282 g/mol. The Morgan fingerprint density at radius 3 is 2.77 bits per heavy atom. The van der Waals surface area contributed by atoms with Gasteiger partial charge in [0.15, 0.2) is 0 Å². The van der Waals surface area contributed by atoms with Gasteiger partial charge in [0, 0.05) is 19.9 Å². The highest BCUT2D eigenvalue weighted by Crippen LogP contribution is 2.38. The van der Waals surface area contributed by atoms with Gasteiger partial charge in [0.1, 0.15) is 0 Å². The highest BCUT2D eigenvalue weighted by Gasteiger charge is 2.46. The molecule has 5 nitrogen and oxygen atoms in total. The maximum absolute atomic E-state index is 12.6. The zero-order valence-corrected chi connectivity index (χ0v) is 12.9. The van der Waals surface area contributed by atoms with Crippen LogP contribution in [0.2, 0.25) is 0 Å². The van der Waals surface area contributed by atoms with Gasteiger partial charge in [0.2, 0.25) is 12.2 Å². The quantitative estimate of drug-likeness (QED) is 0.803. The lowest BCUT2D eigenvalue weighted by atomic mass is 9.91. The number of ether oxygens (including phenoxy) is 2. The molecule has 1 amide bonds. The van der Waals surface area contributed by atoms with Crippen molar-refractivity contribution in [2.75, 3.05) is 13.2 Å². The minimum atomic E-state index is -0.515. The molecule has 0 aliphatic carbocycles. The molecule has 0 bridgehead atoms. The third-order valence-electron chi connectivity index (χ3n) is 4.60. The molecule has 0 spiro atoms. The number of hydrogen-bond acceptors (Lipinski definition) is 4. The largest absolute Gasteiger partial charge is 0.436 e. The normalized spacial score (nSPS) is 29.1. The predicted octanol–water partition coefficient (Wildman–Crippen LogP) is 2.13. The van der Waals surface area contributed by atoms with E-state index in [4.69, 9.17) is 9.47 Å². The van der Waals surface area contributed by atoms with Crippen LogP contribution >= 0.6 is 0 Å². The Hall–Kier alpha value is -1.88. The maximum Gasteiger partial charge on any atom is 0.304 e. The van der Waals surface area contributed by atoms with Crippen LogP contribution < -0.4 is 0 Å². The van der Waals surface area contributed by atoms with Crippen LogP contribution in [-0.2, 0) is 19.1 Å². The van der Waals surface area contributed by atoms with Gasteiger partial charge in [-0.25, -0.2) is 0 Å². The Morgan fingerprint density at radius 2 is 2.09 bits per heavy atom. The Balaban J connectivity index is 1.70. The van der Waals surface area contributed by atoms with Crippen molar-refractivity contribution >= 4 is 11.9 Å². The zero-order chi connectivity index (χ0) is 15.7. The van der Waals surface area contributed by atoms with E-state index in [1.165, 1.54) is 6.92 Å². The monoisotopic (exact) mass is 303 g/mol. The van der Waals surface area contributed by atoms with Crippen molar-refractivity contribution in [1.29, 1.82) is 0 Å². The number of likely N-dealkylation sites (tertiary alicyclic amines) is 1. The van der Waals surface area contributed by atoms with Crippen LogP contribution in [0.3, 0.4) is 0 Å².